The number of hydrogen-bond donors (Lipinski definition) is 1. The minimum Gasteiger partial charge on any atom is -0.493 e. The first-order chi connectivity index (χ1) is 13.9. The largest absolute Gasteiger partial charge is 0.493 e. The Bertz CT molecular complexity index is 1000. The molecule has 1 aliphatic heterocycles. The van der Waals surface area contributed by atoms with Gasteiger partial charge in [0.1, 0.15) is 10.7 Å². The molecule has 7 nitrogen and oxygen atoms in total. The van der Waals surface area contributed by atoms with Crippen molar-refractivity contribution in [2.45, 2.75) is 24.2 Å². The van der Waals surface area contributed by atoms with Gasteiger partial charge < -0.3 is 14.4 Å². The van der Waals surface area contributed by atoms with Crippen LogP contribution in [0.4, 0.5) is 10.1 Å². The van der Waals surface area contributed by atoms with E-state index in [-0.39, 0.29) is 28.7 Å². The number of nitrogens with one attached hydrogen (secondary N) is 1. The molecule has 1 N–H and O–H groups in total. The Balaban J connectivity index is 1.95. The molecule has 0 spiro atoms. The molecule has 0 aromatic heterocycles. The normalized spacial score (nSPS) is 14.4. The van der Waals surface area contributed by atoms with Gasteiger partial charge in [-0.3, -0.25) is 9.52 Å². The van der Waals surface area contributed by atoms with Gasteiger partial charge in [0, 0.05) is 25.2 Å². The summed E-state index contributed by atoms with van der Waals surface area (Å²) in [6, 6.07) is 8.29. The predicted octanol–water partition coefficient (Wildman–Crippen LogP) is 3.27. The molecule has 156 valence electrons. The highest BCUT2D eigenvalue weighted by Crippen LogP contribution is 2.33. The van der Waals surface area contributed by atoms with Crippen LogP contribution >= 0.6 is 0 Å². The predicted molar refractivity (Wildman–Crippen MR) is 107 cm³/mol. The highest BCUT2D eigenvalue weighted by molar-refractivity contribution is 7.92. The Labute approximate surface area is 169 Å². The molecule has 0 bridgehead atoms. The van der Waals surface area contributed by atoms with Crippen LogP contribution in [-0.4, -0.2) is 46.5 Å². The number of piperidine rings is 1. The van der Waals surface area contributed by atoms with Gasteiger partial charge in [-0.05, 0) is 31.4 Å². The number of carbonyl (C=O) groups is 1. The van der Waals surface area contributed by atoms with Crippen LogP contribution in [0.1, 0.15) is 29.6 Å². The summed E-state index contributed by atoms with van der Waals surface area (Å²) in [6.45, 7) is 1.26. The van der Waals surface area contributed by atoms with E-state index >= 15 is 0 Å². The third-order valence-corrected chi connectivity index (χ3v) is 6.15. The van der Waals surface area contributed by atoms with Crippen LogP contribution in [0.5, 0.6) is 11.5 Å². The van der Waals surface area contributed by atoms with Crippen LogP contribution in [0.25, 0.3) is 0 Å². The number of carbonyl (C=O) groups excluding carboxylic acids is 1. The number of rotatable bonds is 6. The van der Waals surface area contributed by atoms with Crippen LogP contribution in [0.3, 0.4) is 0 Å². The van der Waals surface area contributed by atoms with Crippen LogP contribution in [0.2, 0.25) is 0 Å². The molecule has 9 heteroatoms. The van der Waals surface area contributed by atoms with Crippen molar-refractivity contribution in [1.82, 2.24) is 4.90 Å². The molecule has 0 atom stereocenters. The number of likely N-dealkylation sites (tertiary alicyclic amines) is 1. The van der Waals surface area contributed by atoms with Crippen molar-refractivity contribution in [3.63, 3.8) is 0 Å². The Morgan fingerprint density at radius 1 is 1.03 bits per heavy atom. The molecule has 29 heavy (non-hydrogen) atoms. The minimum atomic E-state index is -4.32. The van der Waals surface area contributed by atoms with E-state index in [0.29, 0.717) is 13.1 Å². The first-order valence-corrected chi connectivity index (χ1v) is 10.7. The van der Waals surface area contributed by atoms with Crippen molar-refractivity contribution in [1.29, 1.82) is 0 Å². The van der Waals surface area contributed by atoms with Gasteiger partial charge in [0.05, 0.1) is 25.5 Å². The van der Waals surface area contributed by atoms with E-state index in [1.807, 2.05) is 0 Å². The van der Waals surface area contributed by atoms with Crippen molar-refractivity contribution >= 4 is 21.6 Å². The molecule has 0 aliphatic carbocycles. The molecule has 1 heterocycles. The van der Waals surface area contributed by atoms with Gasteiger partial charge >= 0.3 is 0 Å². The molecule has 2 aromatic carbocycles. The zero-order valence-corrected chi connectivity index (χ0v) is 17.1. The summed E-state index contributed by atoms with van der Waals surface area (Å²) in [5.74, 6) is -1.10. The van der Waals surface area contributed by atoms with Crippen LogP contribution in [-0.2, 0) is 10.0 Å². The minimum absolute atomic E-state index is 0.0737. The average Bonchev–Trinajstić information content (AvgIpc) is 2.73. The molecule has 0 unspecified atom stereocenters. The number of halogens is 1. The number of methoxy groups -OCH3 is 2. The van der Waals surface area contributed by atoms with E-state index in [2.05, 4.69) is 4.72 Å². The summed E-state index contributed by atoms with van der Waals surface area (Å²) in [7, 11) is -1.67. The van der Waals surface area contributed by atoms with Gasteiger partial charge in [-0.25, -0.2) is 12.8 Å². The molecule has 3 rings (SSSR count). The van der Waals surface area contributed by atoms with Crippen LogP contribution in [0, 0.1) is 5.82 Å². The molecule has 0 radical (unpaired) electrons. The maximum atomic E-state index is 14.5. The third kappa shape index (κ3) is 4.45. The first-order valence-electron chi connectivity index (χ1n) is 9.20. The lowest BCUT2D eigenvalue weighted by Gasteiger charge is -2.27. The molecule has 1 aliphatic rings. The molecule has 1 fully saturated rings. The molecule has 0 saturated carbocycles. The van der Waals surface area contributed by atoms with Gasteiger partial charge in [-0.1, -0.05) is 12.1 Å². The van der Waals surface area contributed by atoms with Crippen molar-refractivity contribution < 1.29 is 27.1 Å². The standard InChI is InChI=1S/C20H23FN2O5S/c1-27-17-12-15(21)19(13-18(17)28-2)29(25,26)22-16-9-5-4-8-14(16)20(24)23-10-6-3-7-11-23/h4-5,8-9,12-13,22H,3,6-7,10-11H2,1-2H3. The summed E-state index contributed by atoms with van der Waals surface area (Å²) in [4.78, 5) is 14.0. The number of nitrogens with zero attached hydrogens (tertiary/aromatic N) is 1. The Hall–Kier alpha value is -2.81. The zero-order valence-electron chi connectivity index (χ0n) is 16.3. The van der Waals surface area contributed by atoms with E-state index in [9.17, 15) is 17.6 Å². The van der Waals surface area contributed by atoms with E-state index in [1.54, 1.807) is 23.1 Å². The number of amides is 1. The van der Waals surface area contributed by atoms with E-state index in [0.717, 1.165) is 31.4 Å². The fraction of sp³-hybridized carbons (Fsp3) is 0.350. The summed E-state index contributed by atoms with van der Waals surface area (Å²) < 4.78 is 52.6. The van der Waals surface area contributed by atoms with Gasteiger partial charge in [0.25, 0.3) is 15.9 Å². The number of para-hydroxylation sites is 1. The second-order valence-electron chi connectivity index (χ2n) is 6.64. The fourth-order valence-electron chi connectivity index (χ4n) is 3.27. The van der Waals surface area contributed by atoms with E-state index in [4.69, 9.17) is 9.47 Å². The van der Waals surface area contributed by atoms with Gasteiger partial charge in [0.15, 0.2) is 11.5 Å². The number of hydrogen-bond acceptors (Lipinski definition) is 5. The maximum Gasteiger partial charge on any atom is 0.264 e. The molecule has 2 aromatic rings. The van der Waals surface area contributed by atoms with Crippen molar-refractivity contribution in [3.05, 3.63) is 47.8 Å². The van der Waals surface area contributed by atoms with Crippen molar-refractivity contribution in [2.24, 2.45) is 0 Å². The Morgan fingerprint density at radius 3 is 2.31 bits per heavy atom. The second kappa shape index (κ2) is 8.69. The lowest BCUT2D eigenvalue weighted by molar-refractivity contribution is 0.0725. The summed E-state index contributed by atoms with van der Waals surface area (Å²) in [5, 5.41) is 0. The average molecular weight is 422 g/mol. The Morgan fingerprint density at radius 2 is 1.66 bits per heavy atom. The summed E-state index contributed by atoms with van der Waals surface area (Å²) in [6.07, 6.45) is 2.89. The third-order valence-electron chi connectivity index (χ3n) is 4.77. The highest BCUT2D eigenvalue weighted by Gasteiger charge is 2.26. The number of anilines is 1. The first kappa shape index (κ1) is 20.9. The number of sulfonamides is 1. The summed E-state index contributed by atoms with van der Waals surface area (Å²) >= 11 is 0. The fourth-order valence-corrected chi connectivity index (χ4v) is 4.42. The topological polar surface area (TPSA) is 84.9 Å². The molecular weight excluding hydrogens is 399 g/mol. The van der Waals surface area contributed by atoms with Gasteiger partial charge in [-0.2, -0.15) is 0 Å². The van der Waals surface area contributed by atoms with Gasteiger partial charge in [-0.15, -0.1) is 0 Å². The van der Waals surface area contributed by atoms with Crippen molar-refractivity contribution in [2.75, 3.05) is 32.0 Å². The Kier molecular flexibility index (Phi) is 6.26. The monoisotopic (exact) mass is 422 g/mol. The number of ether oxygens (including phenoxy) is 2. The molecular formula is C20H23FN2O5S. The smallest absolute Gasteiger partial charge is 0.264 e. The SMILES string of the molecule is COc1cc(F)c(S(=O)(=O)Nc2ccccc2C(=O)N2CCCCC2)cc1OC. The van der Waals surface area contributed by atoms with Crippen LogP contribution < -0.4 is 14.2 Å². The van der Waals surface area contributed by atoms with E-state index < -0.39 is 20.7 Å². The number of benzene rings is 2. The van der Waals surface area contributed by atoms with Crippen LogP contribution in [0.15, 0.2) is 41.3 Å². The van der Waals surface area contributed by atoms with Crippen molar-refractivity contribution in [3.8, 4) is 11.5 Å². The second-order valence-corrected chi connectivity index (χ2v) is 8.29. The lowest BCUT2D eigenvalue weighted by Crippen LogP contribution is -2.36. The maximum absolute atomic E-state index is 14.5. The van der Waals surface area contributed by atoms with Gasteiger partial charge in [0.2, 0.25) is 0 Å². The zero-order chi connectivity index (χ0) is 21.0. The lowest BCUT2D eigenvalue weighted by atomic mass is 10.1. The molecule has 1 amide bonds. The van der Waals surface area contributed by atoms with E-state index in [1.165, 1.54) is 20.3 Å². The molecule has 1 saturated heterocycles. The summed E-state index contributed by atoms with van der Waals surface area (Å²) in [5.41, 5.74) is 0.316. The highest BCUT2D eigenvalue weighted by atomic mass is 32.2. The quantitative estimate of drug-likeness (QED) is 0.772.